The Morgan fingerprint density at radius 2 is 1.41 bits per heavy atom. The van der Waals surface area contributed by atoms with Gasteiger partial charge in [0, 0.05) is 33.9 Å². The Morgan fingerprint density at radius 1 is 0.773 bits per heavy atom. The van der Waals surface area contributed by atoms with E-state index in [0.29, 0.717) is 0 Å². The van der Waals surface area contributed by atoms with E-state index in [4.69, 9.17) is 9.47 Å². The van der Waals surface area contributed by atoms with Crippen LogP contribution < -0.4 is 0 Å². The SMILES string of the molecule is COCCN(CCOC)Cc1cccc(-c2ccccc2)c1. The van der Waals surface area contributed by atoms with Crippen molar-refractivity contribution in [3.05, 3.63) is 60.2 Å². The van der Waals surface area contributed by atoms with Crippen molar-refractivity contribution in [3.63, 3.8) is 0 Å². The summed E-state index contributed by atoms with van der Waals surface area (Å²) in [7, 11) is 3.48. The zero-order chi connectivity index (χ0) is 15.6. The highest BCUT2D eigenvalue weighted by Crippen LogP contribution is 2.20. The summed E-state index contributed by atoms with van der Waals surface area (Å²) in [5.41, 5.74) is 3.83. The molecule has 0 saturated carbocycles. The van der Waals surface area contributed by atoms with Crippen molar-refractivity contribution < 1.29 is 9.47 Å². The number of rotatable bonds is 9. The number of ether oxygens (including phenoxy) is 2. The molecule has 2 aromatic rings. The van der Waals surface area contributed by atoms with Gasteiger partial charge >= 0.3 is 0 Å². The quantitative estimate of drug-likeness (QED) is 0.708. The highest BCUT2D eigenvalue weighted by Gasteiger charge is 2.07. The van der Waals surface area contributed by atoms with Crippen LogP contribution in [-0.2, 0) is 16.0 Å². The third-order valence-corrected chi connectivity index (χ3v) is 3.66. The van der Waals surface area contributed by atoms with Crippen molar-refractivity contribution >= 4 is 0 Å². The molecule has 2 rings (SSSR count). The van der Waals surface area contributed by atoms with Crippen LogP contribution in [0, 0.1) is 0 Å². The number of hydrogen-bond donors (Lipinski definition) is 0. The van der Waals surface area contributed by atoms with Gasteiger partial charge < -0.3 is 9.47 Å². The van der Waals surface area contributed by atoms with Gasteiger partial charge in [-0.2, -0.15) is 0 Å². The van der Waals surface area contributed by atoms with E-state index in [1.807, 2.05) is 6.07 Å². The highest BCUT2D eigenvalue weighted by molar-refractivity contribution is 5.63. The third kappa shape index (κ3) is 5.26. The molecule has 0 N–H and O–H groups in total. The molecule has 2 aromatic carbocycles. The van der Waals surface area contributed by atoms with Crippen LogP contribution in [0.15, 0.2) is 54.6 Å². The molecule has 0 fully saturated rings. The molecule has 0 atom stereocenters. The maximum atomic E-state index is 5.20. The fourth-order valence-electron chi connectivity index (χ4n) is 2.45. The third-order valence-electron chi connectivity index (χ3n) is 3.66. The smallest absolute Gasteiger partial charge is 0.0589 e. The maximum absolute atomic E-state index is 5.20. The van der Waals surface area contributed by atoms with Gasteiger partial charge in [-0.25, -0.2) is 0 Å². The molecule has 0 bridgehead atoms. The predicted molar refractivity (Wildman–Crippen MR) is 90.9 cm³/mol. The molecule has 0 aliphatic rings. The van der Waals surface area contributed by atoms with Crippen molar-refractivity contribution in [3.8, 4) is 11.1 Å². The largest absolute Gasteiger partial charge is 0.383 e. The Balaban J connectivity index is 2.07. The van der Waals surface area contributed by atoms with E-state index in [-0.39, 0.29) is 0 Å². The average Bonchev–Trinajstić information content (AvgIpc) is 2.58. The average molecular weight is 299 g/mol. The van der Waals surface area contributed by atoms with Crippen LogP contribution in [0.1, 0.15) is 5.56 Å². The zero-order valence-corrected chi connectivity index (χ0v) is 13.5. The molecule has 0 spiro atoms. The van der Waals surface area contributed by atoms with Crippen molar-refractivity contribution in [2.75, 3.05) is 40.5 Å². The van der Waals surface area contributed by atoms with Gasteiger partial charge in [0.25, 0.3) is 0 Å². The normalized spacial score (nSPS) is 11.0. The van der Waals surface area contributed by atoms with Crippen molar-refractivity contribution in [1.82, 2.24) is 4.90 Å². The monoisotopic (exact) mass is 299 g/mol. The summed E-state index contributed by atoms with van der Waals surface area (Å²) < 4.78 is 10.4. The molecule has 0 saturated heterocycles. The first kappa shape index (κ1) is 16.7. The molecule has 0 heterocycles. The summed E-state index contributed by atoms with van der Waals surface area (Å²) in [6.07, 6.45) is 0. The fraction of sp³-hybridized carbons (Fsp3) is 0.368. The molecule has 22 heavy (non-hydrogen) atoms. The van der Waals surface area contributed by atoms with Gasteiger partial charge in [-0.05, 0) is 22.8 Å². The van der Waals surface area contributed by atoms with E-state index in [1.165, 1.54) is 16.7 Å². The minimum absolute atomic E-state index is 0.738. The van der Waals surface area contributed by atoms with Crippen LogP contribution in [0.4, 0.5) is 0 Å². The van der Waals surface area contributed by atoms with Crippen molar-refractivity contribution in [2.45, 2.75) is 6.54 Å². The molecule has 0 aliphatic heterocycles. The van der Waals surface area contributed by atoms with Gasteiger partial charge in [0.05, 0.1) is 13.2 Å². The standard InChI is InChI=1S/C19H25NO2/c1-21-13-11-20(12-14-22-2)16-17-7-6-10-19(15-17)18-8-4-3-5-9-18/h3-10,15H,11-14,16H2,1-2H3. The van der Waals surface area contributed by atoms with Gasteiger partial charge in [-0.3, -0.25) is 4.90 Å². The van der Waals surface area contributed by atoms with E-state index in [0.717, 1.165) is 32.8 Å². The number of benzene rings is 2. The first-order valence-electron chi connectivity index (χ1n) is 7.68. The highest BCUT2D eigenvalue weighted by atomic mass is 16.5. The Morgan fingerprint density at radius 3 is 2.05 bits per heavy atom. The molecule has 3 nitrogen and oxygen atoms in total. The summed E-state index contributed by atoms with van der Waals surface area (Å²) in [5, 5.41) is 0. The van der Waals surface area contributed by atoms with Gasteiger partial charge in [-0.15, -0.1) is 0 Å². The second-order valence-electron chi connectivity index (χ2n) is 5.33. The molecule has 118 valence electrons. The Kier molecular flexibility index (Phi) is 7.10. The van der Waals surface area contributed by atoms with Crippen LogP contribution >= 0.6 is 0 Å². The van der Waals surface area contributed by atoms with E-state index < -0.39 is 0 Å². The lowest BCUT2D eigenvalue weighted by molar-refractivity contribution is 0.110. The van der Waals surface area contributed by atoms with E-state index in [1.54, 1.807) is 14.2 Å². The van der Waals surface area contributed by atoms with Gasteiger partial charge in [-0.1, -0.05) is 48.5 Å². The number of methoxy groups -OCH3 is 2. The van der Waals surface area contributed by atoms with Crippen LogP contribution in [0.3, 0.4) is 0 Å². The van der Waals surface area contributed by atoms with Crippen LogP contribution in [0.5, 0.6) is 0 Å². The lowest BCUT2D eigenvalue weighted by atomic mass is 10.0. The first-order valence-corrected chi connectivity index (χ1v) is 7.68. The second kappa shape index (κ2) is 9.36. The van der Waals surface area contributed by atoms with Gasteiger partial charge in [0.15, 0.2) is 0 Å². The molecule has 0 aliphatic carbocycles. The molecule has 0 amide bonds. The Bertz CT molecular complexity index is 534. The Labute approximate surface area is 133 Å². The maximum Gasteiger partial charge on any atom is 0.0589 e. The van der Waals surface area contributed by atoms with Crippen LogP contribution in [0.2, 0.25) is 0 Å². The van der Waals surface area contributed by atoms with E-state index in [9.17, 15) is 0 Å². The minimum atomic E-state index is 0.738. The lowest BCUT2D eigenvalue weighted by Gasteiger charge is -2.22. The van der Waals surface area contributed by atoms with Gasteiger partial charge in [0.2, 0.25) is 0 Å². The summed E-state index contributed by atoms with van der Waals surface area (Å²) in [5.74, 6) is 0. The fourth-order valence-corrected chi connectivity index (χ4v) is 2.45. The predicted octanol–water partition coefficient (Wildman–Crippen LogP) is 3.45. The summed E-state index contributed by atoms with van der Waals surface area (Å²) >= 11 is 0. The van der Waals surface area contributed by atoms with Crippen LogP contribution in [0.25, 0.3) is 11.1 Å². The molecule has 0 unspecified atom stereocenters. The van der Waals surface area contributed by atoms with Crippen molar-refractivity contribution in [1.29, 1.82) is 0 Å². The van der Waals surface area contributed by atoms with E-state index in [2.05, 4.69) is 53.4 Å². The van der Waals surface area contributed by atoms with Crippen LogP contribution in [-0.4, -0.2) is 45.4 Å². The summed E-state index contributed by atoms with van der Waals surface area (Å²) in [6.45, 7) is 4.21. The molecule has 0 radical (unpaired) electrons. The van der Waals surface area contributed by atoms with Crippen molar-refractivity contribution in [2.24, 2.45) is 0 Å². The lowest BCUT2D eigenvalue weighted by Crippen LogP contribution is -2.30. The topological polar surface area (TPSA) is 21.7 Å². The molecule has 3 heteroatoms. The second-order valence-corrected chi connectivity index (χ2v) is 5.33. The number of nitrogens with zero attached hydrogens (tertiary/aromatic N) is 1. The molecular weight excluding hydrogens is 274 g/mol. The first-order chi connectivity index (χ1) is 10.8. The van der Waals surface area contributed by atoms with E-state index >= 15 is 0 Å². The number of hydrogen-bond acceptors (Lipinski definition) is 3. The Hall–Kier alpha value is -1.68. The zero-order valence-electron chi connectivity index (χ0n) is 13.5. The molecular formula is C19H25NO2. The summed E-state index contributed by atoms with van der Waals surface area (Å²) in [4.78, 5) is 2.36. The van der Waals surface area contributed by atoms with Gasteiger partial charge in [0.1, 0.15) is 0 Å². The minimum Gasteiger partial charge on any atom is -0.383 e. The molecule has 0 aromatic heterocycles. The summed E-state index contributed by atoms with van der Waals surface area (Å²) in [6, 6.07) is 19.2.